The molecule has 0 aliphatic heterocycles. The Morgan fingerprint density at radius 2 is 2.00 bits per heavy atom. The number of sulfonamides is 1. The highest BCUT2D eigenvalue weighted by atomic mass is 35.5. The highest BCUT2D eigenvalue weighted by Crippen LogP contribution is 2.24. The van der Waals surface area contributed by atoms with Gasteiger partial charge in [-0.05, 0) is 24.6 Å². The van der Waals surface area contributed by atoms with E-state index in [9.17, 15) is 8.42 Å². The van der Waals surface area contributed by atoms with Gasteiger partial charge in [-0.25, -0.2) is 13.4 Å². The summed E-state index contributed by atoms with van der Waals surface area (Å²) >= 11 is 11.4. The number of rotatable bonds is 3. The van der Waals surface area contributed by atoms with Crippen LogP contribution in [0.25, 0.3) is 0 Å². The van der Waals surface area contributed by atoms with E-state index in [2.05, 4.69) is 14.7 Å². The molecule has 2 aromatic heterocycles. The molecule has 0 saturated carbocycles. The predicted molar refractivity (Wildman–Crippen MR) is 74.0 cm³/mol. The maximum atomic E-state index is 12.1. The summed E-state index contributed by atoms with van der Waals surface area (Å²) in [6.07, 6.45) is 4.20. The zero-order chi connectivity index (χ0) is 14.0. The van der Waals surface area contributed by atoms with Gasteiger partial charge in [-0.15, -0.1) is 0 Å². The first-order valence-electron chi connectivity index (χ1n) is 5.14. The standard InChI is InChI=1S/C11H9Cl2N3O2S/c1-7-5-14-3-2-10(7)16-19(17,18)8-4-9(12)11(13)15-6-8/h2-6H,1H3,(H,14,16). The molecule has 1 N–H and O–H groups in total. The molecule has 0 aromatic carbocycles. The Hall–Kier alpha value is -1.37. The third-order valence-corrected chi connectivity index (χ3v) is 4.36. The van der Waals surface area contributed by atoms with E-state index >= 15 is 0 Å². The Morgan fingerprint density at radius 3 is 2.63 bits per heavy atom. The lowest BCUT2D eigenvalue weighted by molar-refractivity contribution is 0.601. The minimum atomic E-state index is -3.76. The average molecular weight is 318 g/mol. The first kappa shape index (κ1) is 14.0. The third kappa shape index (κ3) is 3.15. The summed E-state index contributed by atoms with van der Waals surface area (Å²) in [4.78, 5) is 7.54. The topological polar surface area (TPSA) is 72.0 Å². The minimum Gasteiger partial charge on any atom is -0.279 e. The number of aromatic nitrogens is 2. The number of hydrogen-bond donors (Lipinski definition) is 1. The number of halogens is 2. The van der Waals surface area contributed by atoms with Gasteiger partial charge in [0.1, 0.15) is 10.0 Å². The Morgan fingerprint density at radius 1 is 1.26 bits per heavy atom. The van der Waals surface area contributed by atoms with Crippen molar-refractivity contribution in [1.29, 1.82) is 0 Å². The predicted octanol–water partition coefficient (Wildman–Crippen LogP) is 2.89. The molecule has 0 saturated heterocycles. The largest absolute Gasteiger partial charge is 0.279 e. The lowest BCUT2D eigenvalue weighted by atomic mass is 10.3. The Kier molecular flexibility index (Phi) is 3.93. The van der Waals surface area contributed by atoms with Gasteiger partial charge < -0.3 is 0 Å². The van der Waals surface area contributed by atoms with Crippen molar-refractivity contribution in [2.45, 2.75) is 11.8 Å². The maximum Gasteiger partial charge on any atom is 0.263 e. The zero-order valence-corrected chi connectivity index (χ0v) is 12.1. The van der Waals surface area contributed by atoms with Gasteiger partial charge in [0.15, 0.2) is 0 Å². The summed E-state index contributed by atoms with van der Waals surface area (Å²) in [7, 11) is -3.76. The normalized spacial score (nSPS) is 11.3. The van der Waals surface area contributed by atoms with Crippen LogP contribution in [0.1, 0.15) is 5.56 Å². The van der Waals surface area contributed by atoms with Gasteiger partial charge in [0.2, 0.25) is 0 Å². The lowest BCUT2D eigenvalue weighted by Gasteiger charge is -2.10. The second-order valence-electron chi connectivity index (χ2n) is 3.74. The van der Waals surface area contributed by atoms with Crippen molar-refractivity contribution >= 4 is 38.9 Å². The number of hydrogen-bond acceptors (Lipinski definition) is 4. The van der Waals surface area contributed by atoms with Gasteiger partial charge in [-0.1, -0.05) is 23.2 Å². The van der Waals surface area contributed by atoms with Crippen molar-refractivity contribution in [3.8, 4) is 0 Å². The fraction of sp³-hybridized carbons (Fsp3) is 0.0909. The van der Waals surface area contributed by atoms with Crippen LogP contribution in [0.15, 0.2) is 35.6 Å². The van der Waals surface area contributed by atoms with Crippen LogP contribution < -0.4 is 4.72 Å². The van der Waals surface area contributed by atoms with E-state index in [0.29, 0.717) is 11.3 Å². The highest BCUT2D eigenvalue weighted by molar-refractivity contribution is 7.92. The van der Waals surface area contributed by atoms with Crippen LogP contribution in [0.2, 0.25) is 10.2 Å². The zero-order valence-electron chi connectivity index (χ0n) is 9.76. The molecule has 0 radical (unpaired) electrons. The van der Waals surface area contributed by atoms with Crippen LogP contribution in [-0.2, 0) is 10.0 Å². The van der Waals surface area contributed by atoms with Crippen molar-refractivity contribution in [1.82, 2.24) is 9.97 Å². The van der Waals surface area contributed by atoms with Crippen molar-refractivity contribution in [2.75, 3.05) is 4.72 Å². The van der Waals surface area contributed by atoms with Crippen LogP contribution in [0.4, 0.5) is 5.69 Å². The second kappa shape index (κ2) is 5.32. The molecule has 0 fully saturated rings. The van der Waals surface area contributed by atoms with Crippen LogP contribution in [-0.4, -0.2) is 18.4 Å². The smallest absolute Gasteiger partial charge is 0.263 e. The first-order chi connectivity index (χ1) is 8.90. The number of nitrogens with one attached hydrogen (secondary N) is 1. The summed E-state index contributed by atoms with van der Waals surface area (Å²) in [6.45, 7) is 1.75. The number of anilines is 1. The molecular formula is C11H9Cl2N3O2S. The monoisotopic (exact) mass is 317 g/mol. The van der Waals surface area contributed by atoms with Gasteiger partial charge in [0, 0.05) is 18.6 Å². The Balaban J connectivity index is 2.38. The van der Waals surface area contributed by atoms with E-state index in [1.807, 2.05) is 0 Å². The van der Waals surface area contributed by atoms with Gasteiger partial charge in [-0.3, -0.25) is 9.71 Å². The number of nitrogens with zero attached hydrogens (tertiary/aromatic N) is 2. The molecular weight excluding hydrogens is 309 g/mol. The molecule has 0 spiro atoms. The molecule has 100 valence electrons. The molecule has 0 aliphatic rings. The molecule has 2 aromatic rings. The quantitative estimate of drug-likeness (QED) is 0.883. The third-order valence-electron chi connectivity index (χ3n) is 2.35. The average Bonchev–Trinajstić information content (AvgIpc) is 2.35. The first-order valence-corrected chi connectivity index (χ1v) is 7.38. The summed E-state index contributed by atoms with van der Waals surface area (Å²) in [5.74, 6) is 0. The fourth-order valence-electron chi connectivity index (χ4n) is 1.34. The van der Waals surface area contributed by atoms with E-state index in [-0.39, 0.29) is 15.1 Å². The second-order valence-corrected chi connectivity index (χ2v) is 6.19. The molecule has 8 heteroatoms. The maximum absolute atomic E-state index is 12.1. The van der Waals surface area contributed by atoms with E-state index in [1.54, 1.807) is 19.2 Å². The number of aryl methyl sites for hydroxylation is 1. The van der Waals surface area contributed by atoms with Gasteiger partial charge in [0.05, 0.1) is 10.7 Å². The molecule has 5 nitrogen and oxygen atoms in total. The molecule has 19 heavy (non-hydrogen) atoms. The van der Waals surface area contributed by atoms with Crippen LogP contribution in [0.3, 0.4) is 0 Å². The van der Waals surface area contributed by atoms with E-state index in [4.69, 9.17) is 23.2 Å². The molecule has 0 atom stereocenters. The Bertz CT molecular complexity index is 720. The van der Waals surface area contributed by atoms with E-state index in [1.165, 1.54) is 12.3 Å². The SMILES string of the molecule is Cc1cnccc1NS(=O)(=O)c1cnc(Cl)c(Cl)c1. The fourth-order valence-corrected chi connectivity index (χ4v) is 2.78. The van der Waals surface area contributed by atoms with Gasteiger partial charge in [-0.2, -0.15) is 0 Å². The van der Waals surface area contributed by atoms with Crippen molar-refractivity contribution < 1.29 is 8.42 Å². The van der Waals surface area contributed by atoms with Crippen molar-refractivity contribution in [3.05, 3.63) is 46.5 Å². The van der Waals surface area contributed by atoms with Crippen LogP contribution in [0, 0.1) is 6.92 Å². The Labute approximate surface area is 120 Å². The molecule has 0 aliphatic carbocycles. The molecule has 0 unspecified atom stereocenters. The minimum absolute atomic E-state index is 0.0562. The van der Waals surface area contributed by atoms with Crippen molar-refractivity contribution in [3.63, 3.8) is 0 Å². The van der Waals surface area contributed by atoms with Crippen LogP contribution in [0.5, 0.6) is 0 Å². The highest BCUT2D eigenvalue weighted by Gasteiger charge is 2.17. The molecule has 2 heterocycles. The number of pyridine rings is 2. The summed E-state index contributed by atoms with van der Waals surface area (Å²) in [6, 6.07) is 2.81. The van der Waals surface area contributed by atoms with Gasteiger partial charge >= 0.3 is 0 Å². The molecule has 2 rings (SSSR count). The van der Waals surface area contributed by atoms with E-state index in [0.717, 1.165) is 6.20 Å². The summed E-state index contributed by atoms with van der Waals surface area (Å²) in [5, 5.41) is 0.136. The van der Waals surface area contributed by atoms with Crippen LogP contribution >= 0.6 is 23.2 Å². The molecule has 0 bridgehead atoms. The van der Waals surface area contributed by atoms with Crippen molar-refractivity contribution in [2.24, 2.45) is 0 Å². The summed E-state index contributed by atoms with van der Waals surface area (Å²) in [5.41, 5.74) is 1.15. The lowest BCUT2D eigenvalue weighted by Crippen LogP contribution is -2.14. The van der Waals surface area contributed by atoms with E-state index < -0.39 is 10.0 Å². The molecule has 0 amide bonds. The van der Waals surface area contributed by atoms with Gasteiger partial charge in [0.25, 0.3) is 10.0 Å². The summed E-state index contributed by atoms with van der Waals surface area (Å²) < 4.78 is 26.7.